The molecule has 0 amide bonds. The van der Waals surface area contributed by atoms with Crippen molar-refractivity contribution in [1.29, 1.82) is 0 Å². The van der Waals surface area contributed by atoms with Crippen molar-refractivity contribution in [2.75, 3.05) is 6.61 Å². The maximum atomic E-state index is 5.75. The molecule has 0 saturated heterocycles. The number of rotatable bonds is 4. The predicted octanol–water partition coefficient (Wildman–Crippen LogP) is 2.96. The third-order valence-electron chi connectivity index (χ3n) is 1.46. The molecule has 0 aliphatic carbocycles. The average molecular weight is 221 g/mol. The Hall–Kier alpha value is -0.540. The van der Waals surface area contributed by atoms with Gasteiger partial charge in [-0.3, -0.25) is 0 Å². The first kappa shape index (κ1) is 10.5. The maximum absolute atomic E-state index is 5.75. The van der Waals surface area contributed by atoms with Gasteiger partial charge in [0.1, 0.15) is 6.33 Å². The van der Waals surface area contributed by atoms with E-state index in [1.165, 1.54) is 6.33 Å². The lowest BCUT2D eigenvalue weighted by molar-refractivity contribution is 0.307. The van der Waals surface area contributed by atoms with Gasteiger partial charge in [-0.05, 0) is 6.42 Å². The van der Waals surface area contributed by atoms with Gasteiger partial charge < -0.3 is 4.74 Å². The minimum absolute atomic E-state index is 0.260. The minimum atomic E-state index is 0.260. The van der Waals surface area contributed by atoms with E-state index in [-0.39, 0.29) is 10.3 Å². The van der Waals surface area contributed by atoms with Crippen LogP contribution >= 0.6 is 23.2 Å². The molecule has 0 saturated carbocycles. The molecule has 3 nitrogen and oxygen atoms in total. The monoisotopic (exact) mass is 220 g/mol. The van der Waals surface area contributed by atoms with E-state index in [2.05, 4.69) is 16.9 Å². The number of nitrogens with zero attached hydrogens (tertiary/aromatic N) is 2. The molecule has 0 bridgehead atoms. The van der Waals surface area contributed by atoms with Crippen molar-refractivity contribution in [1.82, 2.24) is 9.97 Å². The van der Waals surface area contributed by atoms with Crippen LogP contribution in [-0.2, 0) is 0 Å². The summed E-state index contributed by atoms with van der Waals surface area (Å²) in [5, 5.41) is 0.521. The van der Waals surface area contributed by atoms with E-state index in [1.54, 1.807) is 0 Å². The summed E-state index contributed by atoms with van der Waals surface area (Å²) in [6.45, 7) is 2.66. The van der Waals surface area contributed by atoms with Crippen LogP contribution in [0.1, 0.15) is 19.8 Å². The van der Waals surface area contributed by atoms with Crippen LogP contribution in [0, 0.1) is 0 Å². The van der Waals surface area contributed by atoms with Crippen LogP contribution in [0.3, 0.4) is 0 Å². The Bertz CT molecular complexity index is 261. The third kappa shape index (κ3) is 3.01. The normalized spacial score (nSPS) is 10.1. The molecule has 1 rings (SSSR count). The molecule has 1 aromatic heterocycles. The van der Waals surface area contributed by atoms with Crippen molar-refractivity contribution in [3.63, 3.8) is 0 Å². The molecule has 0 aliphatic rings. The summed E-state index contributed by atoms with van der Waals surface area (Å²) >= 11 is 11.5. The second-order valence-electron chi connectivity index (χ2n) is 2.49. The number of halogens is 2. The van der Waals surface area contributed by atoms with Gasteiger partial charge in [-0.2, -0.15) is 0 Å². The number of aromatic nitrogens is 2. The van der Waals surface area contributed by atoms with E-state index in [1.807, 2.05) is 0 Å². The quantitative estimate of drug-likeness (QED) is 0.579. The van der Waals surface area contributed by atoms with Crippen LogP contribution in [0.5, 0.6) is 5.75 Å². The van der Waals surface area contributed by atoms with Crippen molar-refractivity contribution >= 4 is 23.2 Å². The molecule has 0 N–H and O–H groups in total. The summed E-state index contributed by atoms with van der Waals surface area (Å²) in [5.74, 6) is 0.374. The van der Waals surface area contributed by atoms with Gasteiger partial charge in [0.25, 0.3) is 0 Å². The van der Waals surface area contributed by atoms with E-state index >= 15 is 0 Å². The van der Waals surface area contributed by atoms with Crippen LogP contribution in [0.2, 0.25) is 10.3 Å². The predicted molar refractivity (Wildman–Crippen MR) is 52.5 cm³/mol. The zero-order valence-corrected chi connectivity index (χ0v) is 8.77. The Labute approximate surface area is 87.1 Å². The SMILES string of the molecule is CCCCOc1c(Cl)ncnc1Cl. The van der Waals surface area contributed by atoms with Crippen molar-refractivity contribution < 1.29 is 4.74 Å². The summed E-state index contributed by atoms with van der Waals surface area (Å²) < 4.78 is 5.32. The van der Waals surface area contributed by atoms with Crippen LogP contribution in [0.25, 0.3) is 0 Å². The first-order valence-electron chi connectivity index (χ1n) is 4.04. The van der Waals surface area contributed by atoms with Gasteiger partial charge in [-0.25, -0.2) is 9.97 Å². The molecule has 1 heterocycles. The number of hydrogen-bond donors (Lipinski definition) is 0. The van der Waals surface area contributed by atoms with Gasteiger partial charge >= 0.3 is 0 Å². The Kier molecular flexibility index (Phi) is 4.25. The number of ether oxygens (including phenoxy) is 1. The molecule has 1 aromatic rings. The van der Waals surface area contributed by atoms with Crippen LogP contribution in [0.15, 0.2) is 6.33 Å². The van der Waals surface area contributed by atoms with Gasteiger partial charge in [-0.15, -0.1) is 0 Å². The molecule has 72 valence electrons. The van der Waals surface area contributed by atoms with E-state index in [0.29, 0.717) is 12.4 Å². The zero-order valence-electron chi connectivity index (χ0n) is 7.26. The second-order valence-corrected chi connectivity index (χ2v) is 3.20. The van der Waals surface area contributed by atoms with Gasteiger partial charge in [0.05, 0.1) is 6.61 Å². The molecule has 0 aromatic carbocycles. The lowest BCUT2D eigenvalue weighted by Gasteiger charge is -2.06. The highest BCUT2D eigenvalue weighted by Gasteiger charge is 2.08. The highest BCUT2D eigenvalue weighted by atomic mass is 35.5. The van der Waals surface area contributed by atoms with Crippen molar-refractivity contribution in [2.24, 2.45) is 0 Å². The summed E-state index contributed by atoms with van der Waals surface area (Å²) in [7, 11) is 0. The van der Waals surface area contributed by atoms with Gasteiger partial charge in [0, 0.05) is 0 Å². The van der Waals surface area contributed by atoms with Crippen LogP contribution in [-0.4, -0.2) is 16.6 Å². The van der Waals surface area contributed by atoms with E-state index in [0.717, 1.165) is 12.8 Å². The Balaban J connectivity index is 2.64. The summed E-state index contributed by atoms with van der Waals surface area (Å²) in [5.41, 5.74) is 0. The smallest absolute Gasteiger partial charge is 0.194 e. The lowest BCUT2D eigenvalue weighted by atomic mass is 10.4. The second kappa shape index (κ2) is 5.25. The lowest BCUT2D eigenvalue weighted by Crippen LogP contribution is -1.99. The molecule has 0 spiro atoms. The highest BCUT2D eigenvalue weighted by Crippen LogP contribution is 2.28. The molecule has 0 unspecified atom stereocenters. The van der Waals surface area contributed by atoms with E-state index in [9.17, 15) is 0 Å². The number of unbranched alkanes of at least 4 members (excludes halogenated alkanes) is 1. The Morgan fingerprint density at radius 2 is 1.92 bits per heavy atom. The van der Waals surface area contributed by atoms with Crippen molar-refractivity contribution in [3.05, 3.63) is 16.6 Å². The van der Waals surface area contributed by atoms with E-state index in [4.69, 9.17) is 27.9 Å². The fourth-order valence-corrected chi connectivity index (χ4v) is 1.19. The average Bonchev–Trinajstić information content (AvgIpc) is 2.10. The topological polar surface area (TPSA) is 35.0 Å². The number of hydrogen-bond acceptors (Lipinski definition) is 3. The Morgan fingerprint density at radius 3 is 2.46 bits per heavy atom. The van der Waals surface area contributed by atoms with Gasteiger partial charge in [0.15, 0.2) is 16.1 Å². The maximum Gasteiger partial charge on any atom is 0.194 e. The molecule has 0 atom stereocenters. The summed E-state index contributed by atoms with van der Waals surface area (Å²) in [6.07, 6.45) is 3.32. The molecule has 0 radical (unpaired) electrons. The molecule has 5 heteroatoms. The third-order valence-corrected chi connectivity index (χ3v) is 2.00. The fourth-order valence-electron chi connectivity index (χ4n) is 0.770. The minimum Gasteiger partial charge on any atom is -0.487 e. The van der Waals surface area contributed by atoms with Gasteiger partial charge in [-0.1, -0.05) is 36.5 Å². The highest BCUT2D eigenvalue weighted by molar-refractivity contribution is 6.35. The first-order chi connectivity index (χ1) is 6.25. The summed E-state index contributed by atoms with van der Waals surface area (Å²) in [4.78, 5) is 7.53. The van der Waals surface area contributed by atoms with Crippen LogP contribution < -0.4 is 4.74 Å². The van der Waals surface area contributed by atoms with E-state index < -0.39 is 0 Å². The van der Waals surface area contributed by atoms with Crippen molar-refractivity contribution in [2.45, 2.75) is 19.8 Å². The fraction of sp³-hybridized carbons (Fsp3) is 0.500. The molecular formula is C8H10Cl2N2O. The molecule has 0 aliphatic heterocycles. The summed E-state index contributed by atoms with van der Waals surface area (Å²) in [6, 6.07) is 0. The molecule has 0 fully saturated rings. The van der Waals surface area contributed by atoms with Crippen molar-refractivity contribution in [3.8, 4) is 5.75 Å². The Morgan fingerprint density at radius 1 is 1.31 bits per heavy atom. The van der Waals surface area contributed by atoms with Crippen LogP contribution in [0.4, 0.5) is 0 Å². The van der Waals surface area contributed by atoms with Gasteiger partial charge in [0.2, 0.25) is 0 Å². The molecule has 13 heavy (non-hydrogen) atoms. The zero-order chi connectivity index (χ0) is 9.68. The first-order valence-corrected chi connectivity index (χ1v) is 4.80. The largest absolute Gasteiger partial charge is 0.487 e. The molecular weight excluding hydrogens is 211 g/mol. The standard InChI is InChI=1S/C8H10Cl2N2O/c1-2-3-4-13-6-7(9)11-5-12-8(6)10/h5H,2-4H2,1H3.